The van der Waals surface area contributed by atoms with Crippen molar-refractivity contribution in [2.24, 2.45) is 0 Å². The van der Waals surface area contributed by atoms with Crippen molar-refractivity contribution in [3.8, 4) is 0 Å². The van der Waals surface area contributed by atoms with Gasteiger partial charge >= 0.3 is 23.9 Å². The van der Waals surface area contributed by atoms with E-state index in [1.54, 1.807) is 0 Å². The average Bonchev–Trinajstić information content (AvgIpc) is 2.61. The Labute approximate surface area is 84.1 Å². The lowest BCUT2D eigenvalue weighted by molar-refractivity contribution is -0.152. The number of cyclic esters (lactones) is 4. The van der Waals surface area contributed by atoms with Crippen molar-refractivity contribution < 1.29 is 28.7 Å². The molecule has 0 amide bonds. The fraction of sp³-hybridized carbons (Fsp3) is 0.111. The molecule has 1 saturated heterocycles. The zero-order valence-corrected chi connectivity index (χ0v) is 7.52. The number of ether oxygens (including phenoxy) is 2. The fourth-order valence-corrected chi connectivity index (χ4v) is 0.761. The van der Waals surface area contributed by atoms with Crippen LogP contribution in [0.4, 0.5) is 0 Å². The maximum absolute atomic E-state index is 10.2. The molecular weight excluding hydrogens is 204 g/mol. The molecule has 78 valence electrons. The number of hydrogen-bond donors (Lipinski definition) is 0. The normalized spacial score (nSPS) is 18.5. The number of esters is 4. The van der Waals surface area contributed by atoms with Gasteiger partial charge in [0.25, 0.3) is 0 Å². The van der Waals surface area contributed by atoms with Crippen molar-refractivity contribution in [2.45, 2.75) is 6.42 Å². The van der Waals surface area contributed by atoms with Gasteiger partial charge < -0.3 is 9.47 Å². The third-order valence-electron chi connectivity index (χ3n) is 1.41. The highest BCUT2D eigenvalue weighted by Crippen LogP contribution is 2.10. The van der Waals surface area contributed by atoms with Crippen LogP contribution in [0.2, 0.25) is 0 Å². The molecule has 0 radical (unpaired) electrons. The van der Waals surface area contributed by atoms with Gasteiger partial charge in [0.1, 0.15) is 0 Å². The molecular formula is C9H6O6. The molecule has 0 saturated carbocycles. The topological polar surface area (TPSA) is 86.7 Å². The molecule has 2 heterocycles. The van der Waals surface area contributed by atoms with Gasteiger partial charge in [0.15, 0.2) is 0 Å². The van der Waals surface area contributed by atoms with Crippen LogP contribution < -0.4 is 0 Å². The molecule has 0 N–H and O–H groups in total. The van der Waals surface area contributed by atoms with Crippen molar-refractivity contribution in [3.05, 3.63) is 24.3 Å². The minimum absolute atomic E-state index is 0.0544. The molecule has 2 aliphatic rings. The second kappa shape index (κ2) is 4.32. The van der Waals surface area contributed by atoms with Gasteiger partial charge in [-0.3, -0.25) is 4.79 Å². The lowest BCUT2D eigenvalue weighted by Gasteiger charge is -1.80. The molecule has 0 aliphatic carbocycles. The van der Waals surface area contributed by atoms with Gasteiger partial charge in [-0.15, -0.1) is 0 Å². The predicted molar refractivity (Wildman–Crippen MR) is 45.1 cm³/mol. The molecule has 0 spiro atoms. The Morgan fingerprint density at radius 2 is 1.53 bits per heavy atom. The van der Waals surface area contributed by atoms with Crippen LogP contribution in [-0.2, 0) is 28.7 Å². The van der Waals surface area contributed by atoms with E-state index in [1.807, 2.05) is 0 Å². The van der Waals surface area contributed by atoms with Gasteiger partial charge in [0, 0.05) is 17.7 Å². The highest BCUT2D eigenvalue weighted by Gasteiger charge is 2.24. The number of hydrogen-bond acceptors (Lipinski definition) is 6. The van der Waals surface area contributed by atoms with E-state index < -0.39 is 23.9 Å². The van der Waals surface area contributed by atoms with Gasteiger partial charge in [-0.05, 0) is 0 Å². The summed E-state index contributed by atoms with van der Waals surface area (Å²) in [5.41, 5.74) is 0.245. The lowest BCUT2D eigenvalue weighted by Crippen LogP contribution is -1.96. The van der Waals surface area contributed by atoms with Crippen LogP contribution in [0.15, 0.2) is 24.3 Å². The molecule has 0 aromatic carbocycles. The summed E-state index contributed by atoms with van der Waals surface area (Å²) in [4.78, 5) is 40.2. The third kappa shape index (κ3) is 3.18. The van der Waals surface area contributed by atoms with Crippen LogP contribution in [-0.4, -0.2) is 23.9 Å². The second-order valence-electron chi connectivity index (χ2n) is 2.62. The smallest absolute Gasteiger partial charge is 0.341 e. The Morgan fingerprint density at radius 1 is 1.00 bits per heavy atom. The Morgan fingerprint density at radius 3 is 1.67 bits per heavy atom. The molecule has 15 heavy (non-hydrogen) atoms. The maximum Gasteiger partial charge on any atom is 0.341 e. The Hall–Kier alpha value is -2.24. The SMILES string of the molecule is C=C1CC(=O)OC1=O.O=C1C=CC(=O)O1. The van der Waals surface area contributed by atoms with Crippen LogP contribution in [0, 0.1) is 0 Å². The summed E-state index contributed by atoms with van der Waals surface area (Å²) in [5.74, 6) is -2.25. The van der Waals surface area contributed by atoms with E-state index in [2.05, 4.69) is 16.1 Å². The van der Waals surface area contributed by atoms with E-state index in [0.29, 0.717) is 0 Å². The van der Waals surface area contributed by atoms with Crippen LogP contribution in [0.1, 0.15) is 6.42 Å². The summed E-state index contributed by atoms with van der Waals surface area (Å²) in [6.07, 6.45) is 2.23. The van der Waals surface area contributed by atoms with Crippen molar-refractivity contribution in [1.82, 2.24) is 0 Å². The first-order chi connectivity index (χ1) is 6.99. The van der Waals surface area contributed by atoms with E-state index in [1.165, 1.54) is 0 Å². The Balaban J connectivity index is 0.000000151. The molecule has 2 rings (SSSR count). The molecule has 0 aromatic rings. The summed E-state index contributed by atoms with van der Waals surface area (Å²) in [6.45, 7) is 3.29. The van der Waals surface area contributed by atoms with E-state index in [9.17, 15) is 19.2 Å². The van der Waals surface area contributed by atoms with E-state index in [-0.39, 0.29) is 12.0 Å². The third-order valence-corrected chi connectivity index (χ3v) is 1.41. The molecule has 0 bridgehead atoms. The zero-order chi connectivity index (χ0) is 11.4. The Kier molecular flexibility index (Phi) is 3.12. The van der Waals surface area contributed by atoms with Gasteiger partial charge in [-0.1, -0.05) is 6.58 Å². The number of carbonyl (C=O) groups is 4. The maximum atomic E-state index is 10.2. The average molecular weight is 210 g/mol. The van der Waals surface area contributed by atoms with Crippen molar-refractivity contribution in [1.29, 1.82) is 0 Å². The highest BCUT2D eigenvalue weighted by atomic mass is 16.6. The van der Waals surface area contributed by atoms with Crippen LogP contribution >= 0.6 is 0 Å². The molecule has 6 nitrogen and oxygen atoms in total. The van der Waals surface area contributed by atoms with Gasteiger partial charge in [0.05, 0.1) is 6.42 Å². The minimum atomic E-state index is -0.588. The molecule has 6 heteroatoms. The Bertz CT molecular complexity index is 355. The summed E-state index contributed by atoms with van der Waals surface area (Å²) in [6, 6.07) is 0. The summed E-state index contributed by atoms with van der Waals surface area (Å²) < 4.78 is 8.07. The van der Waals surface area contributed by atoms with Crippen molar-refractivity contribution in [2.75, 3.05) is 0 Å². The van der Waals surface area contributed by atoms with E-state index >= 15 is 0 Å². The quantitative estimate of drug-likeness (QED) is 0.308. The van der Waals surface area contributed by atoms with Gasteiger partial charge in [0.2, 0.25) is 0 Å². The zero-order valence-electron chi connectivity index (χ0n) is 7.52. The monoisotopic (exact) mass is 210 g/mol. The van der Waals surface area contributed by atoms with Crippen LogP contribution in [0.3, 0.4) is 0 Å². The second-order valence-corrected chi connectivity index (χ2v) is 2.62. The molecule has 2 aliphatic heterocycles. The van der Waals surface area contributed by atoms with Gasteiger partial charge in [-0.2, -0.15) is 0 Å². The summed E-state index contributed by atoms with van der Waals surface area (Å²) in [7, 11) is 0. The fourth-order valence-electron chi connectivity index (χ4n) is 0.761. The molecule has 1 fully saturated rings. The first-order valence-electron chi connectivity index (χ1n) is 3.85. The summed E-state index contributed by atoms with van der Waals surface area (Å²) in [5, 5.41) is 0. The molecule has 0 atom stereocenters. The minimum Gasteiger partial charge on any atom is -0.389 e. The largest absolute Gasteiger partial charge is 0.389 e. The van der Waals surface area contributed by atoms with E-state index in [4.69, 9.17) is 0 Å². The molecule has 0 aromatic heterocycles. The van der Waals surface area contributed by atoms with Crippen LogP contribution in [0.25, 0.3) is 0 Å². The first kappa shape index (κ1) is 10.8. The number of rotatable bonds is 0. The summed E-state index contributed by atoms with van der Waals surface area (Å²) >= 11 is 0. The highest BCUT2D eigenvalue weighted by molar-refractivity contribution is 6.05. The predicted octanol–water partition coefficient (Wildman–Crippen LogP) is -0.358. The number of carbonyl (C=O) groups excluding carboxylic acids is 4. The standard InChI is InChI=1S/C5H4O3.C4H2O3/c1-3-2-4(6)8-5(3)7;5-3-1-2-4(6)7-3/h1-2H2;1-2H. The first-order valence-corrected chi connectivity index (χ1v) is 3.85. The lowest BCUT2D eigenvalue weighted by atomic mass is 10.3. The van der Waals surface area contributed by atoms with E-state index in [0.717, 1.165) is 12.2 Å². The van der Waals surface area contributed by atoms with Crippen LogP contribution in [0.5, 0.6) is 0 Å². The van der Waals surface area contributed by atoms with Gasteiger partial charge in [-0.25, -0.2) is 14.4 Å². The molecule has 0 unspecified atom stereocenters. The van der Waals surface area contributed by atoms with Crippen molar-refractivity contribution in [3.63, 3.8) is 0 Å². The van der Waals surface area contributed by atoms with Crippen molar-refractivity contribution >= 4 is 23.9 Å².